The van der Waals surface area contributed by atoms with E-state index in [1.54, 1.807) is 0 Å². The molecule has 0 aromatic carbocycles. The van der Waals surface area contributed by atoms with Crippen molar-refractivity contribution in [3.05, 3.63) is 16.5 Å². The van der Waals surface area contributed by atoms with E-state index in [9.17, 15) is 13.2 Å². The second-order valence-electron chi connectivity index (χ2n) is 3.71. The zero-order chi connectivity index (χ0) is 12.5. The van der Waals surface area contributed by atoms with Crippen LogP contribution in [0.1, 0.15) is 12.8 Å². The molecule has 0 bridgehead atoms. The molecule has 1 aromatic heterocycles. The summed E-state index contributed by atoms with van der Waals surface area (Å²) in [5, 5.41) is 2.69. The van der Waals surface area contributed by atoms with Crippen molar-refractivity contribution in [2.75, 3.05) is 6.54 Å². The quantitative estimate of drug-likeness (QED) is 0.868. The molecule has 0 spiro atoms. The van der Waals surface area contributed by atoms with Crippen LogP contribution >= 0.6 is 22.9 Å². The van der Waals surface area contributed by atoms with Gasteiger partial charge in [-0.15, -0.1) is 11.3 Å². The standard InChI is InChI=1S/C9H11ClN2O3S2/c10-7-2-4-9(16-7)17(14,15)11-5-6-1-3-8(13)12-6/h2,4,6,11H,1,3,5H2,(H,12,13). The van der Waals surface area contributed by atoms with E-state index in [0.29, 0.717) is 17.2 Å². The van der Waals surface area contributed by atoms with Crippen molar-refractivity contribution in [2.24, 2.45) is 0 Å². The number of sulfonamides is 1. The molecular formula is C9H11ClN2O3S2. The third-order valence-electron chi connectivity index (χ3n) is 2.42. The van der Waals surface area contributed by atoms with Crippen LogP contribution in [0.3, 0.4) is 0 Å². The topological polar surface area (TPSA) is 75.3 Å². The van der Waals surface area contributed by atoms with Crippen LogP contribution in [0.2, 0.25) is 4.34 Å². The van der Waals surface area contributed by atoms with Gasteiger partial charge in [-0.2, -0.15) is 0 Å². The van der Waals surface area contributed by atoms with Crippen molar-refractivity contribution in [3.8, 4) is 0 Å². The maximum Gasteiger partial charge on any atom is 0.250 e. The monoisotopic (exact) mass is 294 g/mol. The summed E-state index contributed by atoms with van der Waals surface area (Å²) in [4.78, 5) is 10.9. The molecular weight excluding hydrogens is 284 g/mol. The molecule has 5 nitrogen and oxygen atoms in total. The number of amides is 1. The largest absolute Gasteiger partial charge is 0.352 e. The lowest BCUT2D eigenvalue weighted by atomic mass is 10.2. The van der Waals surface area contributed by atoms with Crippen molar-refractivity contribution in [2.45, 2.75) is 23.1 Å². The number of hydrogen-bond acceptors (Lipinski definition) is 4. The summed E-state index contributed by atoms with van der Waals surface area (Å²) in [6.07, 6.45) is 1.11. The predicted octanol–water partition coefficient (Wildman–Crippen LogP) is 0.958. The fourth-order valence-corrected chi connectivity index (χ4v) is 4.16. The molecule has 2 rings (SSSR count). The number of rotatable bonds is 4. The molecule has 0 radical (unpaired) electrons. The van der Waals surface area contributed by atoms with E-state index in [4.69, 9.17) is 11.6 Å². The van der Waals surface area contributed by atoms with Crippen molar-refractivity contribution in [1.29, 1.82) is 0 Å². The SMILES string of the molecule is O=C1CCC(CNS(=O)(=O)c2ccc(Cl)s2)N1. The van der Waals surface area contributed by atoms with E-state index < -0.39 is 10.0 Å². The lowest BCUT2D eigenvalue weighted by molar-refractivity contribution is -0.119. The van der Waals surface area contributed by atoms with Crippen LogP contribution in [0.25, 0.3) is 0 Å². The Kier molecular flexibility index (Phi) is 3.72. The summed E-state index contributed by atoms with van der Waals surface area (Å²) in [6.45, 7) is 0.212. The molecule has 1 aliphatic rings. The molecule has 94 valence electrons. The van der Waals surface area contributed by atoms with E-state index in [1.165, 1.54) is 12.1 Å². The third kappa shape index (κ3) is 3.19. The van der Waals surface area contributed by atoms with Gasteiger partial charge in [0.2, 0.25) is 15.9 Å². The Morgan fingerprint density at radius 3 is 2.82 bits per heavy atom. The number of nitrogens with one attached hydrogen (secondary N) is 2. The van der Waals surface area contributed by atoms with Crippen LogP contribution < -0.4 is 10.0 Å². The summed E-state index contributed by atoms with van der Waals surface area (Å²) in [6, 6.07) is 2.88. The van der Waals surface area contributed by atoms with Gasteiger partial charge in [0.05, 0.1) is 4.34 Å². The molecule has 2 heterocycles. The highest BCUT2D eigenvalue weighted by molar-refractivity contribution is 7.91. The minimum Gasteiger partial charge on any atom is -0.352 e. The maximum atomic E-state index is 11.8. The van der Waals surface area contributed by atoms with Gasteiger partial charge in [0.1, 0.15) is 4.21 Å². The molecule has 1 unspecified atom stereocenters. The Bertz CT molecular complexity index is 526. The number of hydrogen-bond donors (Lipinski definition) is 2. The van der Waals surface area contributed by atoms with E-state index in [1.807, 2.05) is 0 Å². The average molecular weight is 295 g/mol. The van der Waals surface area contributed by atoms with E-state index in [2.05, 4.69) is 10.0 Å². The molecule has 2 N–H and O–H groups in total. The van der Waals surface area contributed by atoms with Gasteiger partial charge in [-0.05, 0) is 18.6 Å². The normalized spacial score (nSPS) is 20.5. The Labute approximate surface area is 108 Å². The molecule has 1 saturated heterocycles. The zero-order valence-electron chi connectivity index (χ0n) is 8.77. The number of carbonyl (C=O) groups is 1. The second-order valence-corrected chi connectivity index (χ2v) is 7.42. The Hall–Kier alpha value is -0.630. The van der Waals surface area contributed by atoms with E-state index >= 15 is 0 Å². The van der Waals surface area contributed by atoms with Gasteiger partial charge in [0, 0.05) is 19.0 Å². The van der Waals surface area contributed by atoms with Crippen LogP contribution in [0, 0.1) is 0 Å². The Morgan fingerprint density at radius 1 is 1.53 bits per heavy atom. The molecule has 1 fully saturated rings. The van der Waals surface area contributed by atoms with Crippen LogP contribution in [0.4, 0.5) is 0 Å². The average Bonchev–Trinajstić information content (AvgIpc) is 2.85. The lowest BCUT2D eigenvalue weighted by Gasteiger charge is -2.10. The van der Waals surface area contributed by atoms with Crippen molar-refractivity contribution < 1.29 is 13.2 Å². The molecule has 1 aromatic rings. The van der Waals surface area contributed by atoms with Crippen LogP contribution in [-0.2, 0) is 14.8 Å². The predicted molar refractivity (Wildman–Crippen MR) is 65.7 cm³/mol. The van der Waals surface area contributed by atoms with Gasteiger partial charge in [-0.1, -0.05) is 11.6 Å². The summed E-state index contributed by atoms with van der Waals surface area (Å²) >= 11 is 6.69. The summed E-state index contributed by atoms with van der Waals surface area (Å²) in [5.74, 6) is -0.0339. The number of carbonyl (C=O) groups excluding carboxylic acids is 1. The van der Waals surface area contributed by atoms with Crippen molar-refractivity contribution >= 4 is 38.9 Å². The van der Waals surface area contributed by atoms with Crippen LogP contribution in [0.15, 0.2) is 16.3 Å². The first-order chi connectivity index (χ1) is 7.97. The second kappa shape index (κ2) is 4.93. The molecule has 1 aliphatic heterocycles. The van der Waals surface area contributed by atoms with E-state index in [-0.39, 0.29) is 22.7 Å². The fraction of sp³-hybridized carbons (Fsp3) is 0.444. The molecule has 8 heteroatoms. The van der Waals surface area contributed by atoms with Gasteiger partial charge in [0.25, 0.3) is 0 Å². The molecule has 0 saturated carbocycles. The third-order valence-corrected chi connectivity index (χ3v) is 5.56. The first-order valence-corrected chi connectivity index (χ1v) is 7.69. The van der Waals surface area contributed by atoms with Crippen molar-refractivity contribution in [3.63, 3.8) is 0 Å². The van der Waals surface area contributed by atoms with Gasteiger partial charge in [-0.3, -0.25) is 4.79 Å². The van der Waals surface area contributed by atoms with Crippen molar-refractivity contribution in [1.82, 2.24) is 10.0 Å². The minimum atomic E-state index is -3.51. The fourth-order valence-electron chi connectivity index (χ4n) is 1.55. The first kappa shape index (κ1) is 12.8. The van der Waals surface area contributed by atoms with Gasteiger partial charge in [-0.25, -0.2) is 13.1 Å². The first-order valence-electron chi connectivity index (χ1n) is 5.02. The van der Waals surface area contributed by atoms with Gasteiger partial charge in [0.15, 0.2) is 0 Å². The number of halogens is 1. The Morgan fingerprint density at radius 2 is 2.29 bits per heavy atom. The molecule has 17 heavy (non-hydrogen) atoms. The molecule has 0 aliphatic carbocycles. The number of thiophene rings is 1. The van der Waals surface area contributed by atoms with E-state index in [0.717, 1.165) is 11.3 Å². The lowest BCUT2D eigenvalue weighted by Crippen LogP contribution is -2.38. The maximum absolute atomic E-state index is 11.8. The van der Waals surface area contributed by atoms with Gasteiger partial charge >= 0.3 is 0 Å². The van der Waals surface area contributed by atoms with Crippen LogP contribution in [-0.4, -0.2) is 26.9 Å². The minimum absolute atomic E-state index is 0.0339. The summed E-state index contributed by atoms with van der Waals surface area (Å²) < 4.78 is 26.7. The van der Waals surface area contributed by atoms with Gasteiger partial charge < -0.3 is 5.32 Å². The molecule has 1 atom stereocenters. The zero-order valence-corrected chi connectivity index (χ0v) is 11.2. The summed E-state index contributed by atoms with van der Waals surface area (Å²) in [7, 11) is -3.51. The smallest absolute Gasteiger partial charge is 0.250 e. The highest BCUT2D eigenvalue weighted by Gasteiger charge is 2.23. The highest BCUT2D eigenvalue weighted by atomic mass is 35.5. The Balaban J connectivity index is 1.96. The van der Waals surface area contributed by atoms with Crippen LogP contribution in [0.5, 0.6) is 0 Å². The highest BCUT2D eigenvalue weighted by Crippen LogP contribution is 2.25. The molecule has 1 amide bonds. The summed E-state index contributed by atoms with van der Waals surface area (Å²) in [5.41, 5.74) is 0.